The Kier molecular flexibility index (Phi) is 6.02. The fourth-order valence-electron chi connectivity index (χ4n) is 1.22. The second-order valence-corrected chi connectivity index (χ2v) is 6.15. The first-order valence-electron chi connectivity index (χ1n) is 5.31. The van der Waals surface area contributed by atoms with Crippen LogP contribution in [0.25, 0.3) is 0 Å². The zero-order valence-electron chi connectivity index (χ0n) is 9.87. The van der Waals surface area contributed by atoms with Gasteiger partial charge in [0.15, 0.2) is 0 Å². The first kappa shape index (κ1) is 14.5. The number of aliphatic hydroxyl groups excluding tert-OH is 1. The summed E-state index contributed by atoms with van der Waals surface area (Å²) in [5.74, 6) is 0.317. The summed E-state index contributed by atoms with van der Waals surface area (Å²) < 4.78 is 0.997. The molecule has 1 unspecified atom stereocenters. The summed E-state index contributed by atoms with van der Waals surface area (Å²) in [4.78, 5) is 11.6. The van der Waals surface area contributed by atoms with E-state index in [1.54, 1.807) is 0 Å². The van der Waals surface area contributed by atoms with Gasteiger partial charge in [-0.15, -0.1) is 11.8 Å². The van der Waals surface area contributed by atoms with E-state index in [0.29, 0.717) is 5.75 Å². The van der Waals surface area contributed by atoms with E-state index < -0.39 is 0 Å². The second-order valence-electron chi connectivity index (χ2n) is 3.81. The summed E-state index contributed by atoms with van der Waals surface area (Å²) in [5, 5.41) is 11.8. The molecule has 2 N–H and O–H groups in total. The average Bonchev–Trinajstić information content (AvgIpc) is 2.29. The predicted octanol–water partition coefficient (Wildman–Crippen LogP) is 2.81. The van der Waals surface area contributed by atoms with E-state index in [9.17, 15) is 4.79 Å². The van der Waals surface area contributed by atoms with Crippen molar-refractivity contribution < 1.29 is 9.90 Å². The maximum absolute atomic E-state index is 11.6. The van der Waals surface area contributed by atoms with E-state index in [1.807, 2.05) is 32.0 Å². The molecule has 0 saturated heterocycles. The average molecular weight is 318 g/mol. The molecule has 0 aromatic heterocycles. The third-order valence-electron chi connectivity index (χ3n) is 2.22. The number of nitrogens with one attached hydrogen (secondary N) is 1. The third kappa shape index (κ3) is 5.10. The molecule has 0 heterocycles. The maximum Gasteiger partial charge on any atom is 0.234 e. The first-order valence-corrected chi connectivity index (χ1v) is 7.15. The second kappa shape index (κ2) is 7.03. The van der Waals surface area contributed by atoms with E-state index >= 15 is 0 Å². The number of anilines is 1. The molecule has 0 saturated carbocycles. The molecule has 0 fully saturated rings. The van der Waals surface area contributed by atoms with Crippen molar-refractivity contribution >= 4 is 39.3 Å². The number of thioether (sulfide) groups is 1. The van der Waals surface area contributed by atoms with Crippen LogP contribution in [0.1, 0.15) is 12.5 Å². The molecular weight excluding hydrogens is 302 g/mol. The number of rotatable bonds is 5. The molecule has 0 aliphatic heterocycles. The molecule has 1 amide bonds. The Morgan fingerprint density at radius 3 is 2.88 bits per heavy atom. The number of carbonyl (C=O) groups excluding carboxylic acids is 1. The third-order valence-corrected chi connectivity index (χ3v) is 3.86. The van der Waals surface area contributed by atoms with Crippen molar-refractivity contribution in [2.24, 2.45) is 0 Å². The molecular formula is C12H16BrNO2S. The van der Waals surface area contributed by atoms with Crippen molar-refractivity contribution in [3.8, 4) is 0 Å². The van der Waals surface area contributed by atoms with Gasteiger partial charge in [0.25, 0.3) is 0 Å². The van der Waals surface area contributed by atoms with Crippen LogP contribution in [0.2, 0.25) is 0 Å². The lowest BCUT2D eigenvalue weighted by atomic mass is 10.2. The lowest BCUT2D eigenvalue weighted by Crippen LogP contribution is -2.17. The van der Waals surface area contributed by atoms with E-state index in [4.69, 9.17) is 5.11 Å². The van der Waals surface area contributed by atoms with Gasteiger partial charge in [0.2, 0.25) is 5.91 Å². The van der Waals surface area contributed by atoms with Crippen molar-refractivity contribution in [3.63, 3.8) is 0 Å². The molecule has 0 radical (unpaired) electrons. The number of carbonyl (C=O) groups is 1. The number of amides is 1. The topological polar surface area (TPSA) is 49.3 Å². The monoisotopic (exact) mass is 317 g/mol. The van der Waals surface area contributed by atoms with Gasteiger partial charge in [-0.3, -0.25) is 4.79 Å². The highest BCUT2D eigenvalue weighted by atomic mass is 79.9. The van der Waals surface area contributed by atoms with Gasteiger partial charge < -0.3 is 10.4 Å². The van der Waals surface area contributed by atoms with E-state index in [1.165, 1.54) is 11.8 Å². The van der Waals surface area contributed by atoms with Crippen LogP contribution in [-0.2, 0) is 4.79 Å². The summed E-state index contributed by atoms with van der Waals surface area (Å²) in [6.07, 6.45) is 0. The Bertz CT molecular complexity index is 398. The maximum atomic E-state index is 11.6. The van der Waals surface area contributed by atoms with Crippen LogP contribution in [0, 0.1) is 6.92 Å². The molecule has 3 nitrogen and oxygen atoms in total. The first-order chi connectivity index (χ1) is 8.02. The minimum atomic E-state index is -0.0410. The summed E-state index contributed by atoms with van der Waals surface area (Å²) in [6, 6.07) is 5.72. The zero-order chi connectivity index (χ0) is 12.8. The van der Waals surface area contributed by atoms with Gasteiger partial charge in [0, 0.05) is 15.4 Å². The number of aryl methyl sites for hydroxylation is 1. The van der Waals surface area contributed by atoms with Gasteiger partial charge in [-0.25, -0.2) is 0 Å². The Labute approximate surface area is 114 Å². The normalized spacial score (nSPS) is 12.2. The molecule has 1 atom stereocenters. The molecule has 5 heteroatoms. The quantitative estimate of drug-likeness (QED) is 0.878. The predicted molar refractivity (Wildman–Crippen MR) is 76.5 cm³/mol. The van der Waals surface area contributed by atoms with Gasteiger partial charge in [0.1, 0.15) is 0 Å². The van der Waals surface area contributed by atoms with Gasteiger partial charge in [-0.05, 0) is 30.7 Å². The molecule has 0 aliphatic carbocycles. The molecule has 1 aromatic carbocycles. The largest absolute Gasteiger partial charge is 0.395 e. The minimum absolute atomic E-state index is 0.0410. The number of halogens is 1. The van der Waals surface area contributed by atoms with Crippen LogP contribution < -0.4 is 5.32 Å². The molecule has 1 aromatic rings. The summed E-state index contributed by atoms with van der Waals surface area (Å²) in [6.45, 7) is 3.93. The van der Waals surface area contributed by atoms with Gasteiger partial charge in [-0.2, -0.15) is 0 Å². The lowest BCUT2D eigenvalue weighted by Gasteiger charge is -2.10. The van der Waals surface area contributed by atoms with E-state index in [2.05, 4.69) is 21.2 Å². The molecule has 0 bridgehead atoms. The van der Waals surface area contributed by atoms with Gasteiger partial charge in [0.05, 0.1) is 12.4 Å². The lowest BCUT2D eigenvalue weighted by molar-refractivity contribution is -0.113. The van der Waals surface area contributed by atoms with Crippen molar-refractivity contribution in [1.82, 2.24) is 0 Å². The van der Waals surface area contributed by atoms with Gasteiger partial charge in [-0.1, -0.05) is 22.9 Å². The highest BCUT2D eigenvalue weighted by Gasteiger charge is 2.07. The Morgan fingerprint density at radius 1 is 1.59 bits per heavy atom. The highest BCUT2D eigenvalue weighted by molar-refractivity contribution is 9.10. The number of hydrogen-bond acceptors (Lipinski definition) is 3. The summed E-state index contributed by atoms with van der Waals surface area (Å²) in [7, 11) is 0. The fraction of sp³-hybridized carbons (Fsp3) is 0.417. The van der Waals surface area contributed by atoms with Crippen LogP contribution >= 0.6 is 27.7 Å². The van der Waals surface area contributed by atoms with Crippen LogP contribution in [0.4, 0.5) is 5.69 Å². The van der Waals surface area contributed by atoms with Crippen molar-refractivity contribution in [2.45, 2.75) is 19.1 Å². The summed E-state index contributed by atoms with van der Waals surface area (Å²) in [5.41, 5.74) is 1.85. The van der Waals surface area contributed by atoms with Gasteiger partial charge >= 0.3 is 0 Å². The van der Waals surface area contributed by atoms with Crippen LogP contribution in [-0.4, -0.2) is 28.6 Å². The smallest absolute Gasteiger partial charge is 0.234 e. The van der Waals surface area contributed by atoms with Crippen LogP contribution in [0.3, 0.4) is 0 Å². The number of aliphatic hydroxyl groups is 1. The zero-order valence-corrected chi connectivity index (χ0v) is 12.3. The van der Waals surface area contributed by atoms with Crippen molar-refractivity contribution in [3.05, 3.63) is 28.2 Å². The van der Waals surface area contributed by atoms with Crippen LogP contribution in [0.15, 0.2) is 22.7 Å². The van der Waals surface area contributed by atoms with Crippen LogP contribution in [0.5, 0.6) is 0 Å². The highest BCUT2D eigenvalue weighted by Crippen LogP contribution is 2.20. The SMILES string of the molecule is Cc1cc(Br)ccc1NC(=O)CSC(C)CO. The minimum Gasteiger partial charge on any atom is -0.395 e. The number of hydrogen-bond donors (Lipinski definition) is 2. The van der Waals surface area contributed by atoms with E-state index in [0.717, 1.165) is 15.7 Å². The Balaban J connectivity index is 2.50. The molecule has 0 spiro atoms. The summed E-state index contributed by atoms with van der Waals surface area (Å²) >= 11 is 4.82. The fourth-order valence-corrected chi connectivity index (χ4v) is 2.31. The molecule has 0 aliphatic rings. The van der Waals surface area contributed by atoms with E-state index in [-0.39, 0.29) is 17.8 Å². The number of benzene rings is 1. The Hall–Kier alpha value is -0.520. The molecule has 1 rings (SSSR count). The Morgan fingerprint density at radius 2 is 2.29 bits per heavy atom. The molecule has 94 valence electrons. The molecule has 17 heavy (non-hydrogen) atoms. The van der Waals surface area contributed by atoms with Crippen molar-refractivity contribution in [1.29, 1.82) is 0 Å². The standard InChI is InChI=1S/C12H16BrNO2S/c1-8-5-10(13)3-4-11(8)14-12(16)7-17-9(2)6-15/h3-5,9,15H,6-7H2,1-2H3,(H,14,16). The van der Waals surface area contributed by atoms with Crippen molar-refractivity contribution in [2.75, 3.05) is 17.7 Å².